The maximum atomic E-state index is 10.3. The Bertz CT molecular complexity index is 438. The van der Waals surface area contributed by atoms with E-state index in [2.05, 4.69) is 25.7 Å². The highest BCUT2D eigenvalue weighted by Gasteiger charge is 2.25. The fourth-order valence-electron chi connectivity index (χ4n) is 2.14. The summed E-state index contributed by atoms with van der Waals surface area (Å²) in [6, 6.07) is 0. The monoisotopic (exact) mass is 215 g/mol. The van der Waals surface area contributed by atoms with Gasteiger partial charge < -0.3 is 10.0 Å². The molecule has 1 N–H and O–H groups in total. The molecule has 0 aromatic heterocycles. The lowest BCUT2D eigenvalue weighted by Gasteiger charge is -2.30. The van der Waals surface area contributed by atoms with E-state index in [9.17, 15) is 5.11 Å². The molecule has 1 atom stereocenters. The molecule has 2 nitrogen and oxygen atoms in total. The van der Waals surface area contributed by atoms with Gasteiger partial charge in [-0.1, -0.05) is 18.2 Å². The van der Waals surface area contributed by atoms with Crippen molar-refractivity contribution in [3.8, 4) is 0 Å². The second-order valence-corrected chi connectivity index (χ2v) is 4.25. The highest BCUT2D eigenvalue weighted by Crippen LogP contribution is 2.35. The van der Waals surface area contributed by atoms with Gasteiger partial charge in [-0.25, -0.2) is 0 Å². The number of likely N-dealkylation sites (N-methyl/N-ethyl adjacent to an activating group) is 1. The van der Waals surface area contributed by atoms with Crippen molar-refractivity contribution in [2.75, 3.05) is 7.05 Å². The van der Waals surface area contributed by atoms with Crippen molar-refractivity contribution in [2.45, 2.75) is 13.3 Å². The van der Waals surface area contributed by atoms with E-state index in [1.807, 2.05) is 30.3 Å². The number of rotatable bonds is 2. The minimum atomic E-state index is 0.0676. The highest BCUT2D eigenvalue weighted by atomic mass is 16.3. The molecule has 0 aromatic carbocycles. The van der Waals surface area contributed by atoms with E-state index in [0.717, 1.165) is 17.7 Å². The number of allylic oxidation sites excluding steroid dienone is 5. The van der Waals surface area contributed by atoms with E-state index in [4.69, 9.17) is 0 Å². The van der Waals surface area contributed by atoms with Crippen LogP contribution < -0.4 is 0 Å². The number of fused-ring (bicyclic) bond motifs is 1. The first-order chi connectivity index (χ1) is 7.65. The lowest BCUT2D eigenvalue weighted by molar-refractivity contribution is 0.328. The first kappa shape index (κ1) is 10.8. The standard InChI is InChI=1S/C14H17NO/c1-4-5-11-6-7-12-10(2)8-9-15(3)13(12)14(11)16/h4,6-9,11,16H,1,5H2,2-3H3. The van der Waals surface area contributed by atoms with Gasteiger partial charge in [0.05, 0.1) is 5.70 Å². The lowest BCUT2D eigenvalue weighted by Crippen LogP contribution is -2.22. The Labute approximate surface area is 96.6 Å². The summed E-state index contributed by atoms with van der Waals surface area (Å²) in [4.78, 5) is 1.97. The van der Waals surface area contributed by atoms with Gasteiger partial charge in [0, 0.05) is 24.7 Å². The average Bonchev–Trinajstić information content (AvgIpc) is 2.27. The van der Waals surface area contributed by atoms with E-state index in [1.54, 1.807) is 0 Å². The number of nitrogens with zero attached hydrogens (tertiary/aromatic N) is 1. The molecule has 0 aromatic rings. The number of hydrogen-bond acceptors (Lipinski definition) is 2. The van der Waals surface area contributed by atoms with Gasteiger partial charge in [-0.3, -0.25) is 0 Å². The van der Waals surface area contributed by atoms with Crippen LogP contribution in [0.3, 0.4) is 0 Å². The lowest BCUT2D eigenvalue weighted by atomic mass is 9.89. The summed E-state index contributed by atoms with van der Waals surface area (Å²) in [6.45, 7) is 5.78. The van der Waals surface area contributed by atoms with Crippen LogP contribution >= 0.6 is 0 Å². The Kier molecular flexibility index (Phi) is 2.73. The summed E-state index contributed by atoms with van der Waals surface area (Å²) in [5, 5.41) is 10.3. The van der Waals surface area contributed by atoms with Crippen LogP contribution in [0.1, 0.15) is 13.3 Å². The molecule has 1 aliphatic heterocycles. The third kappa shape index (κ3) is 1.60. The topological polar surface area (TPSA) is 23.5 Å². The normalized spacial score (nSPS) is 23.9. The molecule has 0 spiro atoms. The third-order valence-corrected chi connectivity index (χ3v) is 3.09. The highest BCUT2D eigenvalue weighted by molar-refractivity contribution is 5.53. The van der Waals surface area contributed by atoms with E-state index < -0.39 is 0 Å². The second kappa shape index (κ2) is 4.05. The number of hydrogen-bond donors (Lipinski definition) is 1. The smallest absolute Gasteiger partial charge is 0.124 e. The van der Waals surface area contributed by atoms with Crippen LogP contribution in [0.25, 0.3) is 0 Å². The van der Waals surface area contributed by atoms with Gasteiger partial charge in [-0.2, -0.15) is 0 Å². The van der Waals surface area contributed by atoms with Gasteiger partial charge in [-0.15, -0.1) is 6.58 Å². The number of aliphatic hydroxyl groups excluding tert-OH is 1. The second-order valence-electron chi connectivity index (χ2n) is 4.25. The fourth-order valence-corrected chi connectivity index (χ4v) is 2.14. The Morgan fingerprint density at radius 3 is 2.94 bits per heavy atom. The Morgan fingerprint density at radius 2 is 2.25 bits per heavy atom. The van der Waals surface area contributed by atoms with Crippen LogP contribution in [0.5, 0.6) is 0 Å². The summed E-state index contributed by atoms with van der Waals surface area (Å²) in [5.41, 5.74) is 3.23. The van der Waals surface area contributed by atoms with E-state index in [-0.39, 0.29) is 5.92 Å². The first-order valence-corrected chi connectivity index (χ1v) is 5.49. The quantitative estimate of drug-likeness (QED) is 0.714. The zero-order valence-corrected chi connectivity index (χ0v) is 9.77. The van der Waals surface area contributed by atoms with Crippen molar-refractivity contribution in [3.63, 3.8) is 0 Å². The summed E-state index contributed by atoms with van der Waals surface area (Å²) in [5.74, 6) is 0.515. The molecule has 1 unspecified atom stereocenters. The summed E-state index contributed by atoms with van der Waals surface area (Å²) < 4.78 is 0. The van der Waals surface area contributed by atoms with E-state index in [1.165, 1.54) is 5.57 Å². The molecular formula is C14H17NO. The minimum absolute atomic E-state index is 0.0676. The Balaban J connectivity index is 2.47. The Hall–Kier alpha value is -1.70. The molecule has 84 valence electrons. The summed E-state index contributed by atoms with van der Waals surface area (Å²) in [6.07, 6.45) is 10.8. The average molecular weight is 215 g/mol. The molecule has 0 saturated carbocycles. The molecule has 0 radical (unpaired) electrons. The van der Waals surface area contributed by atoms with Crippen LogP contribution in [-0.4, -0.2) is 17.1 Å². The van der Waals surface area contributed by atoms with Crippen molar-refractivity contribution in [1.29, 1.82) is 0 Å². The van der Waals surface area contributed by atoms with Gasteiger partial charge >= 0.3 is 0 Å². The molecule has 1 heterocycles. The molecule has 16 heavy (non-hydrogen) atoms. The molecule has 2 rings (SSSR count). The van der Waals surface area contributed by atoms with Crippen molar-refractivity contribution in [2.24, 2.45) is 5.92 Å². The predicted molar refractivity (Wildman–Crippen MR) is 66.7 cm³/mol. The first-order valence-electron chi connectivity index (χ1n) is 5.49. The van der Waals surface area contributed by atoms with E-state index in [0.29, 0.717) is 5.76 Å². The molecule has 0 amide bonds. The minimum Gasteiger partial charge on any atom is -0.509 e. The fraction of sp³-hybridized carbons (Fsp3) is 0.286. The van der Waals surface area contributed by atoms with Gasteiger partial charge in [0.2, 0.25) is 0 Å². The van der Waals surface area contributed by atoms with Crippen molar-refractivity contribution in [3.05, 3.63) is 59.7 Å². The summed E-state index contributed by atoms with van der Waals surface area (Å²) >= 11 is 0. The van der Waals surface area contributed by atoms with Crippen LogP contribution in [0.2, 0.25) is 0 Å². The largest absolute Gasteiger partial charge is 0.509 e. The third-order valence-electron chi connectivity index (χ3n) is 3.09. The van der Waals surface area contributed by atoms with Crippen molar-refractivity contribution in [1.82, 2.24) is 4.90 Å². The summed E-state index contributed by atoms with van der Waals surface area (Å²) in [7, 11) is 1.96. The van der Waals surface area contributed by atoms with Gasteiger partial charge in [-0.05, 0) is 25.0 Å². The van der Waals surface area contributed by atoms with E-state index >= 15 is 0 Å². The maximum Gasteiger partial charge on any atom is 0.124 e. The van der Waals surface area contributed by atoms with Crippen molar-refractivity contribution >= 4 is 0 Å². The van der Waals surface area contributed by atoms with Crippen LogP contribution in [0, 0.1) is 5.92 Å². The molecule has 0 fully saturated rings. The van der Waals surface area contributed by atoms with Crippen LogP contribution in [0.15, 0.2) is 59.7 Å². The molecule has 0 saturated heterocycles. The molecule has 2 aliphatic rings. The number of aliphatic hydroxyl groups is 1. The zero-order chi connectivity index (χ0) is 11.7. The zero-order valence-electron chi connectivity index (χ0n) is 9.77. The molecule has 1 aliphatic carbocycles. The van der Waals surface area contributed by atoms with Gasteiger partial charge in [0.1, 0.15) is 5.76 Å². The Morgan fingerprint density at radius 1 is 1.50 bits per heavy atom. The SMILES string of the molecule is C=CCC1C=CC2=C(C)C=CN(C)C2=C1O. The van der Waals surface area contributed by atoms with Gasteiger partial charge in [0.25, 0.3) is 0 Å². The van der Waals surface area contributed by atoms with Gasteiger partial charge in [0.15, 0.2) is 0 Å². The maximum absolute atomic E-state index is 10.3. The molecule has 2 heteroatoms. The van der Waals surface area contributed by atoms with Crippen LogP contribution in [0.4, 0.5) is 0 Å². The van der Waals surface area contributed by atoms with Crippen molar-refractivity contribution < 1.29 is 5.11 Å². The van der Waals surface area contributed by atoms with Crippen LogP contribution in [-0.2, 0) is 0 Å². The predicted octanol–water partition coefficient (Wildman–Crippen LogP) is 3.29. The molecule has 0 bridgehead atoms. The molecular weight excluding hydrogens is 198 g/mol.